The first-order valence-electron chi connectivity index (χ1n) is 6.67. The number of furan rings is 1. The number of likely N-dealkylation sites (tertiary alicyclic amines) is 1. The maximum absolute atomic E-state index is 11.7. The van der Waals surface area contributed by atoms with Gasteiger partial charge in [0.2, 0.25) is 11.7 Å². The molecule has 112 valence electrons. The molecule has 8 heteroatoms. The monoisotopic (exact) mass is 292 g/mol. The van der Waals surface area contributed by atoms with Crippen molar-refractivity contribution in [2.45, 2.75) is 5.92 Å². The van der Waals surface area contributed by atoms with Gasteiger partial charge in [-0.15, -0.1) is 0 Å². The van der Waals surface area contributed by atoms with Crippen LogP contribution in [0.2, 0.25) is 0 Å². The van der Waals surface area contributed by atoms with E-state index in [-0.39, 0.29) is 11.9 Å². The lowest BCUT2D eigenvalue weighted by molar-refractivity contribution is 0.132. The molecule has 1 aliphatic rings. The summed E-state index contributed by atoms with van der Waals surface area (Å²) in [7, 11) is 1.60. The Morgan fingerprint density at radius 1 is 1.57 bits per heavy atom. The fourth-order valence-electron chi connectivity index (χ4n) is 2.08. The summed E-state index contributed by atoms with van der Waals surface area (Å²) >= 11 is 0. The second-order valence-corrected chi connectivity index (χ2v) is 4.76. The summed E-state index contributed by atoms with van der Waals surface area (Å²) < 4.78 is 15.3. The van der Waals surface area contributed by atoms with Gasteiger partial charge in [0.15, 0.2) is 5.76 Å². The second kappa shape index (κ2) is 5.96. The molecular formula is C13H16N4O4. The van der Waals surface area contributed by atoms with Gasteiger partial charge >= 0.3 is 6.03 Å². The van der Waals surface area contributed by atoms with Gasteiger partial charge in [-0.2, -0.15) is 4.98 Å². The number of ether oxygens (including phenoxy) is 1. The lowest BCUT2D eigenvalue weighted by atomic mass is 10.0. The molecule has 0 aromatic carbocycles. The number of amides is 2. The number of rotatable bonds is 5. The smallest absolute Gasteiger partial charge is 0.317 e. The fraction of sp³-hybridized carbons (Fsp3) is 0.462. The highest BCUT2D eigenvalue weighted by atomic mass is 16.5. The highest BCUT2D eigenvalue weighted by Crippen LogP contribution is 2.27. The van der Waals surface area contributed by atoms with Crippen LogP contribution in [0.25, 0.3) is 11.6 Å². The van der Waals surface area contributed by atoms with Crippen molar-refractivity contribution in [3.63, 3.8) is 0 Å². The average molecular weight is 292 g/mol. The lowest BCUT2D eigenvalue weighted by Gasteiger charge is -2.36. The van der Waals surface area contributed by atoms with Crippen LogP contribution in [0.3, 0.4) is 0 Å². The minimum absolute atomic E-state index is 0.0781. The summed E-state index contributed by atoms with van der Waals surface area (Å²) in [5.74, 6) is 1.60. The Morgan fingerprint density at radius 3 is 3.14 bits per heavy atom. The van der Waals surface area contributed by atoms with Crippen LogP contribution in [-0.2, 0) is 4.74 Å². The molecule has 2 aromatic heterocycles. The van der Waals surface area contributed by atoms with E-state index < -0.39 is 0 Å². The highest BCUT2D eigenvalue weighted by molar-refractivity contribution is 5.75. The van der Waals surface area contributed by atoms with E-state index in [0.717, 1.165) is 0 Å². The summed E-state index contributed by atoms with van der Waals surface area (Å²) in [4.78, 5) is 17.7. The normalized spacial score (nSPS) is 15.0. The number of urea groups is 1. The molecule has 0 radical (unpaired) electrons. The van der Waals surface area contributed by atoms with Gasteiger partial charge < -0.3 is 23.9 Å². The van der Waals surface area contributed by atoms with E-state index in [1.807, 2.05) is 0 Å². The molecule has 0 atom stereocenters. The van der Waals surface area contributed by atoms with Crippen LogP contribution in [0.15, 0.2) is 27.3 Å². The minimum Gasteiger partial charge on any atom is -0.461 e. The first kappa shape index (κ1) is 13.6. The number of carbonyl (C=O) groups excluding carboxylic acids is 1. The van der Waals surface area contributed by atoms with Crippen molar-refractivity contribution >= 4 is 6.03 Å². The quantitative estimate of drug-likeness (QED) is 0.829. The summed E-state index contributed by atoms with van der Waals surface area (Å²) in [6, 6.07) is 3.43. The molecular weight excluding hydrogens is 276 g/mol. The van der Waals surface area contributed by atoms with Gasteiger partial charge in [-0.3, -0.25) is 0 Å². The standard InChI is InChI=1S/C13H16N4O4/c1-19-6-4-14-13(18)17-7-9(8-17)12-15-11(16-21-12)10-3-2-5-20-10/h2-3,5,9H,4,6-8H2,1H3,(H,14,18). The van der Waals surface area contributed by atoms with E-state index in [1.54, 1.807) is 30.4 Å². The van der Waals surface area contributed by atoms with Gasteiger partial charge in [-0.1, -0.05) is 5.16 Å². The van der Waals surface area contributed by atoms with Gasteiger partial charge in [0, 0.05) is 26.7 Å². The predicted molar refractivity (Wildman–Crippen MR) is 71.6 cm³/mol. The van der Waals surface area contributed by atoms with Gasteiger partial charge in [-0.25, -0.2) is 4.79 Å². The number of carbonyl (C=O) groups is 1. The van der Waals surface area contributed by atoms with Crippen molar-refractivity contribution in [1.82, 2.24) is 20.4 Å². The third-order valence-electron chi connectivity index (χ3n) is 3.28. The Balaban J connectivity index is 1.51. The van der Waals surface area contributed by atoms with Crippen molar-refractivity contribution in [3.8, 4) is 11.6 Å². The molecule has 1 saturated heterocycles. The zero-order valence-electron chi connectivity index (χ0n) is 11.6. The number of hydrogen-bond donors (Lipinski definition) is 1. The maximum atomic E-state index is 11.7. The first-order chi connectivity index (χ1) is 10.3. The topological polar surface area (TPSA) is 93.6 Å². The van der Waals surface area contributed by atoms with Gasteiger partial charge in [0.25, 0.3) is 0 Å². The van der Waals surface area contributed by atoms with Crippen LogP contribution in [-0.4, -0.2) is 54.4 Å². The largest absolute Gasteiger partial charge is 0.461 e. The minimum atomic E-state index is -0.103. The van der Waals surface area contributed by atoms with Crippen LogP contribution in [0.4, 0.5) is 4.79 Å². The van der Waals surface area contributed by atoms with E-state index in [0.29, 0.717) is 43.7 Å². The van der Waals surface area contributed by atoms with Gasteiger partial charge in [0.05, 0.1) is 18.8 Å². The molecule has 0 bridgehead atoms. The molecule has 0 saturated carbocycles. The molecule has 2 amide bonds. The molecule has 0 aliphatic carbocycles. The Bertz CT molecular complexity index is 589. The molecule has 2 aromatic rings. The number of hydrogen-bond acceptors (Lipinski definition) is 6. The molecule has 1 N–H and O–H groups in total. The van der Waals surface area contributed by atoms with Crippen molar-refractivity contribution in [2.75, 3.05) is 33.4 Å². The molecule has 8 nitrogen and oxygen atoms in total. The van der Waals surface area contributed by atoms with Gasteiger partial charge in [0.1, 0.15) is 0 Å². The van der Waals surface area contributed by atoms with E-state index in [9.17, 15) is 4.79 Å². The maximum Gasteiger partial charge on any atom is 0.317 e. The van der Waals surface area contributed by atoms with Crippen LogP contribution < -0.4 is 5.32 Å². The van der Waals surface area contributed by atoms with E-state index in [1.165, 1.54) is 0 Å². The second-order valence-electron chi connectivity index (χ2n) is 4.76. The van der Waals surface area contributed by atoms with Crippen LogP contribution in [0, 0.1) is 0 Å². The summed E-state index contributed by atoms with van der Waals surface area (Å²) in [6.07, 6.45) is 1.56. The van der Waals surface area contributed by atoms with E-state index in [4.69, 9.17) is 13.7 Å². The average Bonchev–Trinajstić information content (AvgIpc) is 3.08. The predicted octanol–water partition coefficient (Wildman–Crippen LogP) is 1.08. The molecule has 3 rings (SSSR count). The SMILES string of the molecule is COCCNC(=O)N1CC(c2nc(-c3ccco3)no2)C1. The number of aromatic nitrogens is 2. The van der Waals surface area contributed by atoms with Crippen molar-refractivity contribution in [2.24, 2.45) is 0 Å². The lowest BCUT2D eigenvalue weighted by Crippen LogP contribution is -2.53. The Morgan fingerprint density at radius 2 is 2.43 bits per heavy atom. The van der Waals surface area contributed by atoms with E-state index in [2.05, 4.69) is 15.5 Å². The zero-order chi connectivity index (χ0) is 14.7. The fourth-order valence-corrected chi connectivity index (χ4v) is 2.08. The molecule has 1 aliphatic heterocycles. The van der Waals surface area contributed by atoms with Crippen molar-refractivity contribution in [3.05, 3.63) is 24.3 Å². The Kier molecular flexibility index (Phi) is 3.87. The molecule has 21 heavy (non-hydrogen) atoms. The first-order valence-corrected chi connectivity index (χ1v) is 6.67. The summed E-state index contributed by atoms with van der Waals surface area (Å²) in [5, 5.41) is 6.64. The number of nitrogens with one attached hydrogen (secondary N) is 1. The molecule has 1 fully saturated rings. The highest BCUT2D eigenvalue weighted by Gasteiger charge is 2.35. The Hall–Kier alpha value is -2.35. The van der Waals surface area contributed by atoms with Crippen molar-refractivity contribution < 1.29 is 18.5 Å². The van der Waals surface area contributed by atoms with E-state index >= 15 is 0 Å². The number of nitrogens with zero attached hydrogens (tertiary/aromatic N) is 3. The van der Waals surface area contributed by atoms with Crippen LogP contribution in [0.5, 0.6) is 0 Å². The number of methoxy groups -OCH3 is 1. The van der Waals surface area contributed by atoms with Crippen LogP contribution in [0.1, 0.15) is 11.8 Å². The van der Waals surface area contributed by atoms with Crippen molar-refractivity contribution in [1.29, 1.82) is 0 Å². The summed E-state index contributed by atoms with van der Waals surface area (Å²) in [6.45, 7) is 2.14. The third-order valence-corrected chi connectivity index (χ3v) is 3.28. The summed E-state index contributed by atoms with van der Waals surface area (Å²) in [5.41, 5.74) is 0. The molecule has 0 unspecified atom stereocenters. The Labute approximate surface area is 121 Å². The third kappa shape index (κ3) is 2.89. The van der Waals surface area contributed by atoms with Gasteiger partial charge in [-0.05, 0) is 12.1 Å². The van der Waals surface area contributed by atoms with Crippen LogP contribution >= 0.6 is 0 Å². The zero-order valence-corrected chi connectivity index (χ0v) is 11.6. The molecule has 0 spiro atoms. The molecule has 3 heterocycles.